The van der Waals surface area contributed by atoms with Crippen molar-refractivity contribution in [3.63, 3.8) is 0 Å². The lowest BCUT2D eigenvalue weighted by molar-refractivity contribution is -0.136. The van der Waals surface area contributed by atoms with Crippen LogP contribution in [0.25, 0.3) is 0 Å². The van der Waals surface area contributed by atoms with E-state index in [0.29, 0.717) is 17.7 Å². The summed E-state index contributed by atoms with van der Waals surface area (Å²) < 4.78 is 0. The number of rotatable bonds is 4. The Kier molecular flexibility index (Phi) is 3.57. The first-order valence-electron chi connectivity index (χ1n) is 9.68. The maximum absolute atomic E-state index is 12.9. The van der Waals surface area contributed by atoms with Crippen molar-refractivity contribution >= 4 is 23.6 Å². The van der Waals surface area contributed by atoms with Gasteiger partial charge in [0.05, 0.1) is 11.1 Å². The van der Waals surface area contributed by atoms with Crippen molar-refractivity contribution in [2.45, 2.75) is 62.2 Å². The Labute approximate surface area is 161 Å². The SMILES string of the molecule is NC12CCC(NCc3ccc4c(c3)C(=O)N(C3CCC(=O)NC3=O)C4=O)(C1)C2. The molecule has 4 fully saturated rings. The number of benzene rings is 1. The van der Waals surface area contributed by atoms with Gasteiger partial charge in [-0.1, -0.05) is 6.07 Å². The van der Waals surface area contributed by atoms with E-state index in [4.69, 9.17) is 5.73 Å². The average molecular weight is 382 g/mol. The normalized spacial score (nSPS) is 33.8. The van der Waals surface area contributed by atoms with Gasteiger partial charge in [0.1, 0.15) is 6.04 Å². The van der Waals surface area contributed by atoms with Crippen molar-refractivity contribution in [2.75, 3.05) is 0 Å². The van der Waals surface area contributed by atoms with Gasteiger partial charge in [-0.25, -0.2) is 0 Å². The molecule has 1 aromatic carbocycles. The molecule has 0 spiro atoms. The highest BCUT2D eigenvalue weighted by molar-refractivity contribution is 6.23. The Hall–Kier alpha value is -2.58. The molecule has 8 heteroatoms. The van der Waals surface area contributed by atoms with Crippen molar-refractivity contribution in [3.8, 4) is 0 Å². The van der Waals surface area contributed by atoms with E-state index < -0.39 is 23.8 Å². The Morgan fingerprint density at radius 3 is 2.54 bits per heavy atom. The molecule has 1 unspecified atom stereocenters. The van der Waals surface area contributed by atoms with Gasteiger partial charge in [-0.3, -0.25) is 29.4 Å². The molecular weight excluding hydrogens is 360 g/mol. The van der Waals surface area contributed by atoms with Crippen molar-refractivity contribution in [2.24, 2.45) is 5.73 Å². The van der Waals surface area contributed by atoms with Crippen molar-refractivity contribution < 1.29 is 19.2 Å². The molecule has 0 radical (unpaired) electrons. The van der Waals surface area contributed by atoms with Crippen LogP contribution in [0.1, 0.15) is 64.8 Å². The van der Waals surface area contributed by atoms with Crippen LogP contribution in [0.4, 0.5) is 0 Å². The zero-order valence-electron chi connectivity index (χ0n) is 15.4. The van der Waals surface area contributed by atoms with Gasteiger partial charge < -0.3 is 11.1 Å². The second-order valence-electron chi connectivity index (χ2n) is 8.68. The standard InChI is InChI=1S/C20H22N4O4/c21-19-5-6-20(9-19,10-19)22-8-11-1-2-12-13(7-11)18(28)24(17(12)27)14-3-4-15(25)23-16(14)26/h1-2,7,14,22H,3-6,8-10,21H2,(H,23,25,26). The van der Waals surface area contributed by atoms with Crippen molar-refractivity contribution in [1.29, 1.82) is 0 Å². The smallest absolute Gasteiger partial charge is 0.262 e. The number of amides is 4. The zero-order chi connectivity index (χ0) is 19.7. The van der Waals surface area contributed by atoms with Gasteiger partial charge in [-0.15, -0.1) is 0 Å². The maximum atomic E-state index is 12.9. The van der Waals surface area contributed by atoms with E-state index in [1.165, 1.54) is 0 Å². The van der Waals surface area contributed by atoms with Crippen molar-refractivity contribution in [3.05, 3.63) is 34.9 Å². The van der Waals surface area contributed by atoms with Crippen LogP contribution in [-0.2, 0) is 16.1 Å². The van der Waals surface area contributed by atoms with Gasteiger partial charge in [0, 0.05) is 24.0 Å². The van der Waals surface area contributed by atoms with Gasteiger partial charge in [-0.05, 0) is 49.8 Å². The second kappa shape index (κ2) is 5.71. The van der Waals surface area contributed by atoms with Gasteiger partial charge >= 0.3 is 0 Å². The first-order valence-corrected chi connectivity index (χ1v) is 9.68. The highest BCUT2D eigenvalue weighted by Crippen LogP contribution is 2.53. The number of fused-ring (bicyclic) bond motifs is 2. The number of hydrogen-bond donors (Lipinski definition) is 3. The van der Waals surface area contributed by atoms with E-state index in [1.54, 1.807) is 12.1 Å². The average Bonchev–Trinajstić information content (AvgIpc) is 3.22. The minimum absolute atomic E-state index is 0.00419. The predicted octanol–water partition coefficient (Wildman–Crippen LogP) is 0.201. The number of carbonyl (C=O) groups excluding carboxylic acids is 4. The fourth-order valence-corrected chi connectivity index (χ4v) is 5.27. The molecule has 2 heterocycles. The molecule has 4 amide bonds. The molecule has 1 saturated heterocycles. The largest absolute Gasteiger partial charge is 0.325 e. The summed E-state index contributed by atoms with van der Waals surface area (Å²) >= 11 is 0. The molecule has 1 atom stereocenters. The minimum Gasteiger partial charge on any atom is -0.325 e. The Bertz CT molecular complexity index is 934. The predicted molar refractivity (Wildman–Crippen MR) is 98.1 cm³/mol. The quantitative estimate of drug-likeness (QED) is 0.640. The number of nitrogens with zero attached hydrogens (tertiary/aromatic N) is 1. The molecule has 6 rings (SSSR count). The van der Waals surface area contributed by atoms with E-state index in [9.17, 15) is 19.2 Å². The molecule has 1 aromatic rings. The molecule has 3 aliphatic carbocycles. The van der Waals surface area contributed by atoms with Gasteiger partial charge in [0.25, 0.3) is 11.8 Å². The van der Waals surface area contributed by atoms with Gasteiger partial charge in [-0.2, -0.15) is 0 Å². The number of hydrogen-bond acceptors (Lipinski definition) is 6. The van der Waals surface area contributed by atoms with E-state index in [-0.39, 0.29) is 29.8 Å². The lowest BCUT2D eigenvalue weighted by Gasteiger charge is -2.46. The van der Waals surface area contributed by atoms with Gasteiger partial charge in [0.15, 0.2) is 0 Å². The number of nitrogens with one attached hydrogen (secondary N) is 2. The van der Waals surface area contributed by atoms with Gasteiger partial charge in [0.2, 0.25) is 11.8 Å². The summed E-state index contributed by atoms with van der Waals surface area (Å²) in [6.07, 6.45) is 4.34. The first-order chi connectivity index (χ1) is 13.3. The fourth-order valence-electron chi connectivity index (χ4n) is 5.27. The van der Waals surface area contributed by atoms with Crippen LogP contribution >= 0.6 is 0 Å². The number of piperidine rings is 1. The van der Waals surface area contributed by atoms with Crippen molar-refractivity contribution in [1.82, 2.24) is 15.5 Å². The Morgan fingerprint density at radius 1 is 1.11 bits per heavy atom. The molecule has 4 N–H and O–H groups in total. The highest BCUT2D eigenvalue weighted by Gasteiger charge is 2.58. The Morgan fingerprint density at radius 2 is 1.86 bits per heavy atom. The van der Waals surface area contributed by atoms with E-state index in [0.717, 1.165) is 36.1 Å². The fraction of sp³-hybridized carbons (Fsp3) is 0.500. The lowest BCUT2D eigenvalue weighted by Crippen LogP contribution is -2.60. The molecular formula is C20H22N4O4. The molecule has 2 aliphatic heterocycles. The van der Waals surface area contributed by atoms with Crippen LogP contribution in [0.2, 0.25) is 0 Å². The molecule has 146 valence electrons. The lowest BCUT2D eigenvalue weighted by atomic mass is 9.72. The van der Waals surface area contributed by atoms with E-state index in [1.807, 2.05) is 6.07 Å². The summed E-state index contributed by atoms with van der Waals surface area (Å²) in [6, 6.07) is 4.29. The summed E-state index contributed by atoms with van der Waals surface area (Å²) in [5.41, 5.74) is 7.87. The van der Waals surface area contributed by atoms with Crippen LogP contribution in [0.15, 0.2) is 18.2 Å². The van der Waals surface area contributed by atoms with E-state index in [2.05, 4.69) is 10.6 Å². The number of nitrogens with two attached hydrogens (primary N) is 1. The molecule has 0 aromatic heterocycles. The monoisotopic (exact) mass is 382 g/mol. The third-order valence-corrected chi connectivity index (χ3v) is 6.65. The molecule has 2 bridgehead atoms. The second-order valence-corrected chi connectivity index (χ2v) is 8.68. The summed E-state index contributed by atoms with van der Waals surface area (Å²) in [6.45, 7) is 0.600. The molecule has 5 aliphatic rings. The summed E-state index contributed by atoms with van der Waals surface area (Å²) in [5.74, 6) is -1.92. The molecule has 28 heavy (non-hydrogen) atoms. The zero-order valence-corrected chi connectivity index (χ0v) is 15.4. The first kappa shape index (κ1) is 17.5. The molecule has 3 saturated carbocycles. The van der Waals surface area contributed by atoms with Crippen LogP contribution in [0, 0.1) is 0 Å². The van der Waals surface area contributed by atoms with Crippen LogP contribution in [0.5, 0.6) is 0 Å². The third kappa shape index (κ3) is 2.51. The van der Waals surface area contributed by atoms with Crippen LogP contribution in [-0.4, -0.2) is 45.6 Å². The maximum Gasteiger partial charge on any atom is 0.262 e. The Balaban J connectivity index is 1.33. The summed E-state index contributed by atoms with van der Waals surface area (Å²) in [4.78, 5) is 50.0. The topological polar surface area (TPSA) is 122 Å². The highest BCUT2D eigenvalue weighted by atomic mass is 16.2. The van der Waals surface area contributed by atoms with E-state index >= 15 is 0 Å². The summed E-state index contributed by atoms with van der Waals surface area (Å²) in [5, 5.41) is 5.78. The van der Waals surface area contributed by atoms with Crippen LogP contribution < -0.4 is 16.4 Å². The number of imide groups is 2. The summed E-state index contributed by atoms with van der Waals surface area (Å²) in [7, 11) is 0. The number of carbonyl (C=O) groups is 4. The minimum atomic E-state index is -0.934. The third-order valence-electron chi connectivity index (χ3n) is 6.65. The molecule has 8 nitrogen and oxygen atoms in total. The van der Waals surface area contributed by atoms with Crippen LogP contribution in [0.3, 0.4) is 0 Å².